The van der Waals surface area contributed by atoms with E-state index in [1.165, 1.54) is 0 Å². The highest BCUT2D eigenvalue weighted by atomic mass is 79.9. The van der Waals surface area contributed by atoms with E-state index in [2.05, 4.69) is 21.2 Å². The highest BCUT2D eigenvalue weighted by Crippen LogP contribution is 2.20. The Bertz CT molecular complexity index is 404. The number of halogens is 1. The van der Waals surface area contributed by atoms with E-state index in [1.807, 2.05) is 24.3 Å². The van der Waals surface area contributed by atoms with Gasteiger partial charge in [0.2, 0.25) is 11.8 Å². The van der Waals surface area contributed by atoms with Crippen molar-refractivity contribution in [2.24, 2.45) is 0 Å². The van der Waals surface area contributed by atoms with Gasteiger partial charge in [0.05, 0.1) is 13.1 Å². The summed E-state index contributed by atoms with van der Waals surface area (Å²) in [7, 11) is 0. The van der Waals surface area contributed by atoms with Gasteiger partial charge >= 0.3 is 0 Å². The van der Waals surface area contributed by atoms with Gasteiger partial charge in [0, 0.05) is 10.2 Å². The van der Waals surface area contributed by atoms with E-state index in [1.54, 1.807) is 4.90 Å². The van der Waals surface area contributed by atoms with Crippen LogP contribution in [0.4, 0.5) is 5.69 Å². The van der Waals surface area contributed by atoms with Gasteiger partial charge in [-0.05, 0) is 18.2 Å². The molecule has 0 atom stereocenters. The van der Waals surface area contributed by atoms with E-state index >= 15 is 0 Å². The average Bonchev–Trinajstić information content (AvgIpc) is 2.16. The molecule has 1 aliphatic heterocycles. The minimum Gasteiger partial charge on any atom is -0.353 e. The number of nitrogens with one attached hydrogen (secondary N) is 1. The molecule has 0 saturated carbocycles. The Balaban J connectivity index is 2.23. The Hall–Kier alpha value is -1.36. The van der Waals surface area contributed by atoms with Crippen molar-refractivity contribution >= 4 is 33.4 Å². The molecule has 4 nitrogen and oxygen atoms in total. The molecule has 1 fully saturated rings. The molecule has 5 heteroatoms. The molecule has 0 aromatic heterocycles. The monoisotopic (exact) mass is 268 g/mol. The molecule has 2 rings (SSSR count). The van der Waals surface area contributed by atoms with Crippen LogP contribution in [-0.2, 0) is 9.59 Å². The molecule has 1 heterocycles. The van der Waals surface area contributed by atoms with Crippen molar-refractivity contribution in [1.82, 2.24) is 5.32 Å². The lowest BCUT2D eigenvalue weighted by Crippen LogP contribution is -2.51. The van der Waals surface area contributed by atoms with Gasteiger partial charge in [0.25, 0.3) is 0 Å². The minimum atomic E-state index is -0.258. The lowest BCUT2D eigenvalue weighted by atomic mass is 10.2. The molecule has 1 aromatic carbocycles. The van der Waals surface area contributed by atoms with Crippen molar-refractivity contribution in [1.29, 1.82) is 0 Å². The second-order valence-corrected chi connectivity index (χ2v) is 4.22. The highest BCUT2D eigenvalue weighted by molar-refractivity contribution is 9.10. The molecule has 1 aromatic rings. The zero-order valence-corrected chi connectivity index (χ0v) is 9.45. The van der Waals surface area contributed by atoms with Crippen LogP contribution >= 0.6 is 15.9 Å². The maximum atomic E-state index is 11.2. The first-order valence-corrected chi connectivity index (χ1v) is 5.27. The van der Waals surface area contributed by atoms with Gasteiger partial charge in [0.1, 0.15) is 0 Å². The van der Waals surface area contributed by atoms with Crippen LogP contribution in [0.15, 0.2) is 28.7 Å². The van der Waals surface area contributed by atoms with Gasteiger partial charge in [-0.2, -0.15) is 0 Å². The summed E-state index contributed by atoms with van der Waals surface area (Å²) < 4.78 is 0.929. The van der Waals surface area contributed by atoms with Gasteiger partial charge in [-0.1, -0.05) is 22.0 Å². The Labute approximate surface area is 95.4 Å². The molecule has 15 heavy (non-hydrogen) atoms. The summed E-state index contributed by atoms with van der Waals surface area (Å²) in [5.74, 6) is -0.516. The van der Waals surface area contributed by atoms with E-state index < -0.39 is 0 Å². The number of hydrogen-bond acceptors (Lipinski definition) is 3. The number of carbonyl (C=O) groups is 2. The summed E-state index contributed by atoms with van der Waals surface area (Å²) in [6, 6.07) is 7.52. The van der Waals surface area contributed by atoms with Gasteiger partial charge in [-0.25, -0.2) is 0 Å². The molecule has 78 valence electrons. The van der Waals surface area contributed by atoms with Gasteiger partial charge < -0.3 is 4.90 Å². The Morgan fingerprint density at radius 3 is 2.47 bits per heavy atom. The van der Waals surface area contributed by atoms with Crippen molar-refractivity contribution in [3.8, 4) is 0 Å². The summed E-state index contributed by atoms with van der Waals surface area (Å²) in [4.78, 5) is 24.1. The van der Waals surface area contributed by atoms with Crippen molar-refractivity contribution in [3.05, 3.63) is 28.7 Å². The van der Waals surface area contributed by atoms with Crippen LogP contribution < -0.4 is 10.2 Å². The molecule has 0 radical (unpaired) electrons. The summed E-state index contributed by atoms with van der Waals surface area (Å²) in [6.07, 6.45) is 0. The standard InChI is InChI=1S/C10H9BrN2O2/c11-7-2-1-3-8(4-7)13-5-9(14)12-10(15)6-13/h1-4H,5-6H2,(H,12,14,15). The molecule has 0 unspecified atom stereocenters. The normalized spacial score (nSPS) is 16.5. The number of benzene rings is 1. The number of carbonyl (C=O) groups excluding carboxylic acids is 2. The molecule has 2 amide bonds. The van der Waals surface area contributed by atoms with Gasteiger partial charge in [-0.3, -0.25) is 14.9 Å². The lowest BCUT2D eigenvalue weighted by molar-refractivity contribution is -0.130. The number of amides is 2. The van der Waals surface area contributed by atoms with Gasteiger partial charge in [0.15, 0.2) is 0 Å². The first-order chi connectivity index (χ1) is 7.15. The van der Waals surface area contributed by atoms with Crippen LogP contribution in [0.25, 0.3) is 0 Å². The number of hydrogen-bond donors (Lipinski definition) is 1. The second-order valence-electron chi connectivity index (χ2n) is 3.31. The molecular weight excluding hydrogens is 260 g/mol. The van der Waals surface area contributed by atoms with Gasteiger partial charge in [-0.15, -0.1) is 0 Å². The summed E-state index contributed by atoms with van der Waals surface area (Å²) >= 11 is 3.35. The second kappa shape index (κ2) is 4.02. The molecule has 1 N–H and O–H groups in total. The first-order valence-electron chi connectivity index (χ1n) is 4.48. The van der Waals surface area contributed by atoms with E-state index in [4.69, 9.17) is 0 Å². The van der Waals surface area contributed by atoms with Crippen LogP contribution in [0.2, 0.25) is 0 Å². The van der Waals surface area contributed by atoms with Crippen LogP contribution in [0, 0.1) is 0 Å². The summed E-state index contributed by atoms with van der Waals surface area (Å²) in [5, 5.41) is 2.26. The van der Waals surface area contributed by atoms with Crippen molar-refractivity contribution in [3.63, 3.8) is 0 Å². The van der Waals surface area contributed by atoms with E-state index in [-0.39, 0.29) is 24.9 Å². The maximum absolute atomic E-state index is 11.2. The highest BCUT2D eigenvalue weighted by Gasteiger charge is 2.22. The predicted molar refractivity (Wildman–Crippen MR) is 59.5 cm³/mol. The van der Waals surface area contributed by atoms with Crippen molar-refractivity contribution in [2.75, 3.05) is 18.0 Å². The van der Waals surface area contributed by atoms with Crippen molar-refractivity contribution in [2.45, 2.75) is 0 Å². The third-order valence-electron chi connectivity index (χ3n) is 2.12. The maximum Gasteiger partial charge on any atom is 0.246 e. The lowest BCUT2D eigenvalue weighted by Gasteiger charge is -2.27. The summed E-state index contributed by atoms with van der Waals surface area (Å²) in [5.41, 5.74) is 0.868. The Kier molecular flexibility index (Phi) is 2.73. The third-order valence-corrected chi connectivity index (χ3v) is 2.61. The predicted octanol–water partition coefficient (Wildman–Crippen LogP) is 0.912. The average molecular weight is 269 g/mol. The molecule has 0 aliphatic carbocycles. The van der Waals surface area contributed by atoms with E-state index in [0.717, 1.165) is 10.2 Å². The Morgan fingerprint density at radius 1 is 1.20 bits per heavy atom. The largest absolute Gasteiger partial charge is 0.353 e. The molecule has 1 saturated heterocycles. The summed E-state index contributed by atoms with van der Waals surface area (Å²) in [6.45, 7) is 0.449. The fourth-order valence-electron chi connectivity index (χ4n) is 1.49. The van der Waals surface area contributed by atoms with E-state index in [9.17, 15) is 9.59 Å². The zero-order chi connectivity index (χ0) is 10.8. The number of piperazine rings is 1. The number of anilines is 1. The molecule has 0 spiro atoms. The molecule has 1 aliphatic rings. The molecular formula is C10H9BrN2O2. The fourth-order valence-corrected chi connectivity index (χ4v) is 1.88. The van der Waals surface area contributed by atoms with Crippen LogP contribution in [0.5, 0.6) is 0 Å². The van der Waals surface area contributed by atoms with Crippen LogP contribution in [0.3, 0.4) is 0 Å². The van der Waals surface area contributed by atoms with E-state index in [0.29, 0.717) is 0 Å². The number of nitrogens with zero attached hydrogens (tertiary/aromatic N) is 1. The smallest absolute Gasteiger partial charge is 0.246 e. The Morgan fingerprint density at radius 2 is 1.87 bits per heavy atom. The fraction of sp³-hybridized carbons (Fsp3) is 0.200. The number of rotatable bonds is 1. The van der Waals surface area contributed by atoms with Crippen LogP contribution in [-0.4, -0.2) is 24.9 Å². The number of imide groups is 1. The molecule has 0 bridgehead atoms. The topological polar surface area (TPSA) is 49.4 Å². The zero-order valence-electron chi connectivity index (χ0n) is 7.87. The van der Waals surface area contributed by atoms with Crippen LogP contribution in [0.1, 0.15) is 0 Å². The van der Waals surface area contributed by atoms with Crippen molar-refractivity contribution < 1.29 is 9.59 Å². The third kappa shape index (κ3) is 2.36. The first kappa shape index (κ1) is 10.2. The quantitative estimate of drug-likeness (QED) is 0.771. The SMILES string of the molecule is O=C1CN(c2cccc(Br)c2)CC(=O)N1. The minimum absolute atomic E-state index is 0.224.